The molecule has 220 valence electrons. The highest BCUT2D eigenvalue weighted by atomic mass is 16.4. The fourth-order valence-electron chi connectivity index (χ4n) is 3.95. The monoisotopic (exact) mass is 546 g/mol. The van der Waals surface area contributed by atoms with Gasteiger partial charge in [-0.25, -0.2) is 0 Å². The zero-order valence-corrected chi connectivity index (χ0v) is 22.6. The van der Waals surface area contributed by atoms with Crippen molar-refractivity contribution in [3.05, 3.63) is 0 Å². The minimum atomic E-state index is -1.21. The number of rotatable bonds is 26. The lowest BCUT2D eigenvalue weighted by Crippen LogP contribution is -2.46. The van der Waals surface area contributed by atoms with Crippen LogP contribution in [0.5, 0.6) is 0 Å². The van der Waals surface area contributed by atoms with E-state index in [0.29, 0.717) is 6.54 Å². The molecule has 0 radical (unpaired) electrons. The van der Waals surface area contributed by atoms with Gasteiger partial charge >= 0.3 is 23.9 Å². The molecule has 0 fully saturated rings. The van der Waals surface area contributed by atoms with Gasteiger partial charge in [0.15, 0.2) is 0 Å². The molecule has 0 bridgehead atoms. The normalized spacial score (nSPS) is 11.3. The lowest BCUT2D eigenvalue weighted by molar-refractivity contribution is -0.143. The fraction of sp³-hybridized carbons (Fsp3) is 0.800. The average molecular weight is 547 g/mol. The van der Waals surface area contributed by atoms with Gasteiger partial charge in [-0.05, 0) is 6.42 Å². The highest BCUT2D eigenvalue weighted by molar-refractivity contribution is 5.79. The quantitative estimate of drug-likeness (QED) is 0.0965. The third-order valence-corrected chi connectivity index (χ3v) is 5.87. The van der Waals surface area contributed by atoms with E-state index in [4.69, 9.17) is 10.2 Å². The molecule has 13 nitrogen and oxygen atoms in total. The highest BCUT2D eigenvalue weighted by Crippen LogP contribution is 2.09. The number of carbonyl (C=O) groups excluding carboxylic acids is 1. The first-order valence-electron chi connectivity index (χ1n) is 13.3. The second-order valence-corrected chi connectivity index (χ2v) is 9.45. The van der Waals surface area contributed by atoms with E-state index in [-0.39, 0.29) is 38.6 Å². The molecule has 13 heteroatoms. The summed E-state index contributed by atoms with van der Waals surface area (Å²) in [6.07, 6.45) is 10.4. The van der Waals surface area contributed by atoms with Crippen molar-refractivity contribution in [1.29, 1.82) is 0 Å². The number of carboxylic acid groups (broad SMARTS) is 4. The standard InChI is InChI=1S/C25H46N4O9/c1-2-3-4-5-6-7-8-9-10-11-26-21(30)16-28(18-23(33)34)14-12-27(17-22(31)32)13-15-29(19-24(35)36)20-25(37)38/h2-20H2,1H3,(H,26,30)(H,31,32)(H,33,34)(H,35,36)(H,37,38). The zero-order chi connectivity index (χ0) is 28.8. The van der Waals surface area contributed by atoms with Crippen molar-refractivity contribution in [3.63, 3.8) is 0 Å². The topological polar surface area (TPSA) is 188 Å². The van der Waals surface area contributed by atoms with Crippen LogP contribution in [0.4, 0.5) is 0 Å². The van der Waals surface area contributed by atoms with Crippen molar-refractivity contribution in [1.82, 2.24) is 20.0 Å². The first kappa shape index (κ1) is 35.2. The second-order valence-electron chi connectivity index (χ2n) is 9.45. The van der Waals surface area contributed by atoms with Crippen LogP contribution in [0.3, 0.4) is 0 Å². The molecule has 0 aliphatic rings. The van der Waals surface area contributed by atoms with E-state index in [1.807, 2.05) is 0 Å². The summed E-state index contributed by atoms with van der Waals surface area (Å²) in [5.74, 6) is -5.01. The van der Waals surface area contributed by atoms with Crippen LogP contribution in [0.2, 0.25) is 0 Å². The van der Waals surface area contributed by atoms with Crippen LogP contribution in [0.1, 0.15) is 64.7 Å². The number of nitrogens with one attached hydrogen (secondary N) is 1. The van der Waals surface area contributed by atoms with E-state index >= 15 is 0 Å². The van der Waals surface area contributed by atoms with Crippen LogP contribution in [0, 0.1) is 0 Å². The minimum Gasteiger partial charge on any atom is -0.480 e. The van der Waals surface area contributed by atoms with Gasteiger partial charge in [0.25, 0.3) is 0 Å². The Morgan fingerprint density at radius 3 is 1.26 bits per heavy atom. The van der Waals surface area contributed by atoms with Crippen LogP contribution in [-0.4, -0.2) is 130 Å². The zero-order valence-electron chi connectivity index (χ0n) is 22.6. The van der Waals surface area contributed by atoms with Crippen molar-refractivity contribution >= 4 is 29.8 Å². The molecular weight excluding hydrogens is 500 g/mol. The molecule has 0 spiro atoms. The lowest BCUT2D eigenvalue weighted by Gasteiger charge is -2.27. The van der Waals surface area contributed by atoms with E-state index in [2.05, 4.69) is 12.2 Å². The Bertz CT molecular complexity index is 705. The first-order valence-corrected chi connectivity index (χ1v) is 13.3. The Morgan fingerprint density at radius 1 is 0.500 bits per heavy atom. The molecule has 0 aliphatic heterocycles. The fourth-order valence-corrected chi connectivity index (χ4v) is 3.95. The smallest absolute Gasteiger partial charge is 0.317 e. The highest BCUT2D eigenvalue weighted by Gasteiger charge is 2.19. The van der Waals surface area contributed by atoms with Crippen LogP contribution in [0.25, 0.3) is 0 Å². The molecule has 0 aliphatic carbocycles. The van der Waals surface area contributed by atoms with Crippen molar-refractivity contribution in [3.8, 4) is 0 Å². The van der Waals surface area contributed by atoms with Gasteiger partial charge in [-0.3, -0.25) is 38.7 Å². The average Bonchev–Trinajstić information content (AvgIpc) is 2.80. The summed E-state index contributed by atoms with van der Waals surface area (Å²) in [4.78, 5) is 60.9. The first-order chi connectivity index (χ1) is 18.0. The van der Waals surface area contributed by atoms with Crippen molar-refractivity contribution in [2.24, 2.45) is 0 Å². The second kappa shape index (κ2) is 22.2. The van der Waals surface area contributed by atoms with Crippen LogP contribution >= 0.6 is 0 Å². The van der Waals surface area contributed by atoms with Crippen molar-refractivity contribution < 1.29 is 44.4 Å². The van der Waals surface area contributed by atoms with E-state index < -0.39 is 50.1 Å². The molecular formula is C25H46N4O9. The van der Waals surface area contributed by atoms with Gasteiger partial charge in [0.1, 0.15) is 0 Å². The van der Waals surface area contributed by atoms with Gasteiger partial charge in [-0.1, -0.05) is 58.3 Å². The maximum Gasteiger partial charge on any atom is 0.317 e. The Hall–Kier alpha value is -2.77. The molecule has 0 saturated carbocycles. The van der Waals surface area contributed by atoms with E-state index in [9.17, 15) is 34.2 Å². The molecule has 0 unspecified atom stereocenters. The minimum absolute atomic E-state index is 0.00988. The summed E-state index contributed by atoms with van der Waals surface area (Å²) >= 11 is 0. The van der Waals surface area contributed by atoms with Gasteiger partial charge in [0.05, 0.1) is 32.7 Å². The Labute approximate surface area is 224 Å². The van der Waals surface area contributed by atoms with Gasteiger partial charge in [-0.15, -0.1) is 0 Å². The molecule has 5 N–H and O–H groups in total. The van der Waals surface area contributed by atoms with Crippen molar-refractivity contribution in [2.45, 2.75) is 64.7 Å². The maximum atomic E-state index is 12.3. The molecule has 0 aromatic carbocycles. The largest absolute Gasteiger partial charge is 0.480 e. The number of amides is 1. The molecule has 0 aromatic heterocycles. The number of carboxylic acids is 4. The summed E-state index contributed by atoms with van der Waals surface area (Å²) in [7, 11) is 0. The number of hydrogen-bond acceptors (Lipinski definition) is 8. The number of carbonyl (C=O) groups is 5. The van der Waals surface area contributed by atoms with E-state index in [0.717, 1.165) is 24.2 Å². The summed E-state index contributed by atoms with van der Waals surface area (Å²) in [5, 5.41) is 39.1. The predicted octanol–water partition coefficient (Wildman–Crippen LogP) is 0.878. The number of aliphatic carboxylic acids is 4. The predicted molar refractivity (Wildman–Crippen MR) is 140 cm³/mol. The SMILES string of the molecule is CCCCCCCCCCCNC(=O)CN(CCN(CCN(CC(=O)O)CC(=O)O)CC(=O)O)CC(=O)O. The molecule has 0 saturated heterocycles. The third kappa shape index (κ3) is 22.4. The summed E-state index contributed by atoms with van der Waals surface area (Å²) in [6, 6.07) is 0. The van der Waals surface area contributed by atoms with Gasteiger partial charge in [0.2, 0.25) is 5.91 Å². The number of unbranched alkanes of at least 4 members (excludes halogenated alkanes) is 8. The summed E-state index contributed by atoms with van der Waals surface area (Å²) in [5.41, 5.74) is 0. The number of nitrogens with zero attached hydrogens (tertiary/aromatic N) is 3. The maximum absolute atomic E-state index is 12.3. The molecule has 0 aromatic rings. The summed E-state index contributed by atoms with van der Waals surface area (Å²) < 4.78 is 0. The molecule has 0 atom stereocenters. The third-order valence-electron chi connectivity index (χ3n) is 5.87. The molecule has 38 heavy (non-hydrogen) atoms. The van der Waals surface area contributed by atoms with E-state index in [1.165, 1.54) is 48.3 Å². The lowest BCUT2D eigenvalue weighted by atomic mass is 10.1. The Morgan fingerprint density at radius 2 is 0.842 bits per heavy atom. The van der Waals surface area contributed by atoms with Gasteiger partial charge < -0.3 is 25.7 Å². The van der Waals surface area contributed by atoms with Crippen LogP contribution in [0.15, 0.2) is 0 Å². The van der Waals surface area contributed by atoms with Crippen molar-refractivity contribution in [2.75, 3.05) is 65.4 Å². The van der Waals surface area contributed by atoms with Crippen LogP contribution in [-0.2, 0) is 24.0 Å². The Balaban J connectivity index is 4.60. The van der Waals surface area contributed by atoms with Gasteiger partial charge in [-0.2, -0.15) is 0 Å². The number of hydrogen-bond donors (Lipinski definition) is 5. The molecule has 0 heterocycles. The molecule has 1 amide bonds. The molecule has 0 rings (SSSR count). The van der Waals surface area contributed by atoms with Gasteiger partial charge in [0, 0.05) is 32.7 Å². The van der Waals surface area contributed by atoms with E-state index in [1.54, 1.807) is 0 Å². The summed E-state index contributed by atoms with van der Waals surface area (Å²) in [6.45, 7) is 0.921. The Kier molecular flexibility index (Phi) is 20.6. The van der Waals surface area contributed by atoms with Crippen LogP contribution < -0.4 is 5.32 Å².